The summed E-state index contributed by atoms with van der Waals surface area (Å²) in [6.07, 6.45) is 2.19. The monoisotopic (exact) mass is 793 g/mol. The quantitative estimate of drug-likeness (QED) is 0.151. The number of benzene rings is 8. The Morgan fingerprint density at radius 1 is 0.452 bits per heavy atom. The summed E-state index contributed by atoms with van der Waals surface area (Å²) in [5, 5.41) is 16.1. The van der Waals surface area contributed by atoms with E-state index in [4.69, 9.17) is 9.97 Å². The molecule has 3 heterocycles. The van der Waals surface area contributed by atoms with E-state index in [9.17, 15) is 5.41 Å². The van der Waals surface area contributed by atoms with Crippen molar-refractivity contribution in [3.63, 3.8) is 0 Å². The molecule has 0 atom stereocenters. The number of nitrogens with zero attached hydrogens (tertiary/aromatic N) is 3. The van der Waals surface area contributed by atoms with E-state index in [1.807, 2.05) is 54.6 Å². The maximum atomic E-state index is 9.88. The Balaban J connectivity index is 1.00. The third-order valence-corrected chi connectivity index (χ3v) is 11.6. The molecular weight excluding hydrogens is 755 g/mol. The Labute approximate surface area is 360 Å². The first-order valence-corrected chi connectivity index (χ1v) is 20.8. The lowest BCUT2D eigenvalue weighted by Gasteiger charge is -2.26. The molecule has 2 aromatic heterocycles. The molecule has 0 unspecified atom stereocenters. The summed E-state index contributed by atoms with van der Waals surface area (Å²) < 4.78 is 2.32. The molecule has 62 heavy (non-hydrogen) atoms. The van der Waals surface area contributed by atoms with Crippen LogP contribution in [0.5, 0.6) is 0 Å². The van der Waals surface area contributed by atoms with E-state index < -0.39 is 0 Å². The third-order valence-electron chi connectivity index (χ3n) is 11.6. The highest BCUT2D eigenvalue weighted by Gasteiger charge is 2.24. The van der Waals surface area contributed by atoms with Gasteiger partial charge in [-0.05, 0) is 53.1 Å². The predicted molar refractivity (Wildman–Crippen MR) is 257 cm³/mol. The summed E-state index contributed by atoms with van der Waals surface area (Å²) in [6.45, 7) is 0. The van der Waals surface area contributed by atoms with Crippen LogP contribution < -0.4 is 5.32 Å². The largest absolute Gasteiger partial charge is 0.354 e. The molecule has 1 aliphatic heterocycles. The molecule has 292 valence electrons. The van der Waals surface area contributed by atoms with Gasteiger partial charge in [-0.25, -0.2) is 9.97 Å². The molecule has 8 aromatic carbocycles. The second-order valence-electron chi connectivity index (χ2n) is 15.5. The lowest BCUT2D eigenvalue weighted by atomic mass is 9.88. The highest BCUT2D eigenvalue weighted by molar-refractivity contribution is 6.36. The van der Waals surface area contributed by atoms with Crippen LogP contribution in [0.4, 0.5) is 0 Å². The van der Waals surface area contributed by atoms with E-state index in [0.717, 1.165) is 89.6 Å². The summed E-state index contributed by atoms with van der Waals surface area (Å²) in [7, 11) is 0. The Bertz CT molecular complexity index is 3310. The standard InChI is InChI=1S/C57H39N5/c58-55(54(41-21-8-3-9-22-41)56-46-26-11-10-23-43(46)36-49(59-56)38-17-4-1-5-18-38)42-33-31-40(32-34-42)51-37-50(39-19-6-2-7-20-39)60-57(61-51)44-24-16-25-45(35-44)62-52-29-14-12-27-47(52)48-28-13-15-30-53(48)62/h1-37,58-59H/b56-54-,58-55?. The second kappa shape index (κ2) is 15.6. The molecule has 0 fully saturated rings. The molecule has 0 bridgehead atoms. The Hall–Kier alpha value is -8.41. The van der Waals surface area contributed by atoms with E-state index in [-0.39, 0.29) is 0 Å². The van der Waals surface area contributed by atoms with Gasteiger partial charge in [-0.15, -0.1) is 0 Å². The fourth-order valence-electron chi connectivity index (χ4n) is 8.65. The number of para-hydroxylation sites is 2. The number of aromatic nitrogens is 3. The molecular formula is C57H39N5. The predicted octanol–water partition coefficient (Wildman–Crippen LogP) is 13.6. The zero-order chi connectivity index (χ0) is 41.4. The first kappa shape index (κ1) is 36.7. The van der Waals surface area contributed by atoms with Crippen molar-refractivity contribution < 1.29 is 0 Å². The molecule has 1 aliphatic rings. The summed E-state index contributed by atoms with van der Waals surface area (Å²) in [4.78, 5) is 10.4. The van der Waals surface area contributed by atoms with E-state index in [2.05, 4.69) is 180 Å². The minimum Gasteiger partial charge on any atom is -0.354 e. The van der Waals surface area contributed by atoms with Crippen molar-refractivity contribution in [2.45, 2.75) is 0 Å². The third kappa shape index (κ3) is 6.68. The average Bonchev–Trinajstić information content (AvgIpc) is 3.69. The normalized spacial score (nSPS) is 13.0. The van der Waals surface area contributed by atoms with Crippen LogP contribution in [0.3, 0.4) is 0 Å². The van der Waals surface area contributed by atoms with E-state index in [0.29, 0.717) is 11.5 Å². The molecule has 5 heteroatoms. The van der Waals surface area contributed by atoms with Gasteiger partial charge in [0.15, 0.2) is 5.82 Å². The molecule has 0 radical (unpaired) electrons. The first-order valence-electron chi connectivity index (χ1n) is 20.8. The van der Waals surface area contributed by atoms with Crippen LogP contribution in [0, 0.1) is 5.41 Å². The fraction of sp³-hybridized carbons (Fsp3) is 0. The number of fused-ring (bicyclic) bond motifs is 4. The van der Waals surface area contributed by atoms with Crippen molar-refractivity contribution in [2.75, 3.05) is 0 Å². The second-order valence-corrected chi connectivity index (χ2v) is 15.5. The van der Waals surface area contributed by atoms with Crippen LogP contribution in [0.25, 0.3) is 84.4 Å². The van der Waals surface area contributed by atoms with Crippen molar-refractivity contribution in [2.24, 2.45) is 0 Å². The topological polar surface area (TPSA) is 66.6 Å². The van der Waals surface area contributed by atoms with Gasteiger partial charge in [0.05, 0.1) is 33.8 Å². The lowest BCUT2D eigenvalue weighted by Crippen LogP contribution is -2.20. The van der Waals surface area contributed by atoms with Gasteiger partial charge in [0.25, 0.3) is 0 Å². The summed E-state index contributed by atoms with van der Waals surface area (Å²) in [5.74, 6) is 0.640. The summed E-state index contributed by atoms with van der Waals surface area (Å²) in [5.41, 5.74) is 16.0. The van der Waals surface area contributed by atoms with Crippen LogP contribution >= 0.6 is 0 Å². The average molecular weight is 794 g/mol. The molecule has 11 rings (SSSR count). The molecule has 0 saturated heterocycles. The fourth-order valence-corrected chi connectivity index (χ4v) is 8.65. The molecule has 2 N–H and O–H groups in total. The summed E-state index contributed by atoms with van der Waals surface area (Å²) >= 11 is 0. The van der Waals surface area contributed by atoms with Crippen LogP contribution in [0.15, 0.2) is 218 Å². The Morgan fingerprint density at radius 2 is 1.00 bits per heavy atom. The minimum absolute atomic E-state index is 0.421. The minimum atomic E-state index is 0.421. The van der Waals surface area contributed by atoms with Gasteiger partial charge in [-0.1, -0.05) is 188 Å². The highest BCUT2D eigenvalue weighted by Crippen LogP contribution is 2.38. The van der Waals surface area contributed by atoms with Gasteiger partial charge < -0.3 is 9.88 Å². The van der Waals surface area contributed by atoms with Gasteiger partial charge in [0.2, 0.25) is 0 Å². The van der Waals surface area contributed by atoms with Gasteiger partial charge in [0.1, 0.15) is 0 Å². The van der Waals surface area contributed by atoms with Crippen molar-refractivity contribution in [1.82, 2.24) is 19.9 Å². The maximum Gasteiger partial charge on any atom is 0.160 e. The zero-order valence-electron chi connectivity index (χ0n) is 33.7. The van der Waals surface area contributed by atoms with Crippen LogP contribution in [0.1, 0.15) is 27.8 Å². The highest BCUT2D eigenvalue weighted by atomic mass is 15.0. The van der Waals surface area contributed by atoms with Crippen molar-refractivity contribution >= 4 is 50.6 Å². The van der Waals surface area contributed by atoms with Gasteiger partial charge in [-0.3, -0.25) is 5.41 Å². The van der Waals surface area contributed by atoms with Gasteiger partial charge in [0, 0.05) is 55.5 Å². The molecule has 10 aromatic rings. The van der Waals surface area contributed by atoms with Gasteiger partial charge >= 0.3 is 0 Å². The van der Waals surface area contributed by atoms with Gasteiger partial charge in [-0.2, -0.15) is 0 Å². The zero-order valence-corrected chi connectivity index (χ0v) is 33.7. The molecule has 5 nitrogen and oxygen atoms in total. The lowest BCUT2D eigenvalue weighted by molar-refractivity contribution is 1.16. The number of nitrogens with one attached hydrogen (secondary N) is 2. The van der Waals surface area contributed by atoms with Crippen LogP contribution in [-0.4, -0.2) is 20.2 Å². The van der Waals surface area contributed by atoms with E-state index >= 15 is 0 Å². The first-order chi connectivity index (χ1) is 30.7. The molecule has 0 amide bonds. The number of allylic oxidation sites excluding steroid dienone is 1. The van der Waals surface area contributed by atoms with Crippen LogP contribution in [-0.2, 0) is 0 Å². The number of hydrogen-bond acceptors (Lipinski definition) is 4. The van der Waals surface area contributed by atoms with E-state index in [1.165, 1.54) is 10.8 Å². The van der Waals surface area contributed by atoms with Crippen molar-refractivity contribution in [1.29, 1.82) is 5.41 Å². The Morgan fingerprint density at radius 3 is 1.68 bits per heavy atom. The molecule has 0 saturated carbocycles. The number of rotatable bonds is 8. The van der Waals surface area contributed by atoms with Crippen molar-refractivity contribution in [3.05, 3.63) is 246 Å². The smallest absolute Gasteiger partial charge is 0.160 e. The molecule has 0 spiro atoms. The number of hydrogen-bond donors (Lipinski definition) is 2. The van der Waals surface area contributed by atoms with E-state index in [1.54, 1.807) is 0 Å². The SMILES string of the molecule is N=C(/C(=C1\NC(c2ccccc2)=Cc2ccccc21)c1ccccc1)c1ccc(-c2cc(-c3ccccc3)nc(-c3cccc(-n4c5ccccc5c5ccccc54)c3)n2)cc1. The molecule has 0 aliphatic carbocycles. The summed E-state index contributed by atoms with van der Waals surface area (Å²) in [6, 6.07) is 75.2. The van der Waals surface area contributed by atoms with Crippen LogP contribution in [0.2, 0.25) is 0 Å². The Kier molecular flexibility index (Phi) is 9.25. The van der Waals surface area contributed by atoms with Crippen molar-refractivity contribution in [3.8, 4) is 39.6 Å². The maximum absolute atomic E-state index is 9.88.